The van der Waals surface area contributed by atoms with E-state index in [9.17, 15) is 14.4 Å². The van der Waals surface area contributed by atoms with Gasteiger partial charge in [-0.15, -0.1) is 0 Å². The number of imide groups is 1. The molecule has 0 bridgehead atoms. The van der Waals surface area contributed by atoms with Crippen LogP contribution in [0.1, 0.15) is 43.9 Å². The Hall–Kier alpha value is -2.37. The minimum Gasteiger partial charge on any atom is -0.354 e. The number of nitrogens with one attached hydrogen (secondary N) is 2. The zero-order chi connectivity index (χ0) is 18.2. The molecule has 2 aliphatic rings. The molecule has 1 fully saturated rings. The van der Waals surface area contributed by atoms with Crippen molar-refractivity contribution in [2.75, 3.05) is 13.1 Å². The van der Waals surface area contributed by atoms with Gasteiger partial charge in [0.2, 0.25) is 5.91 Å². The van der Waals surface area contributed by atoms with Gasteiger partial charge in [0.05, 0.1) is 0 Å². The summed E-state index contributed by atoms with van der Waals surface area (Å²) in [4.78, 5) is 38.2. The van der Waals surface area contributed by atoms with E-state index in [-0.39, 0.29) is 18.4 Å². The van der Waals surface area contributed by atoms with Crippen molar-refractivity contribution in [3.8, 4) is 0 Å². The number of aryl methyl sites for hydroxylation is 2. The second-order valence-corrected chi connectivity index (χ2v) is 7.48. The number of fused-ring (bicyclic) bond motifs is 1. The largest absolute Gasteiger partial charge is 0.354 e. The lowest BCUT2D eigenvalue weighted by Crippen LogP contribution is -2.43. The molecule has 3 rings (SSSR count). The molecule has 4 amide bonds. The lowest BCUT2D eigenvalue weighted by atomic mass is 9.89. The molecule has 134 valence electrons. The third-order valence-corrected chi connectivity index (χ3v) is 4.96. The fourth-order valence-corrected chi connectivity index (χ4v) is 3.44. The van der Waals surface area contributed by atoms with E-state index in [0.29, 0.717) is 12.5 Å². The average molecular weight is 343 g/mol. The first-order valence-corrected chi connectivity index (χ1v) is 8.84. The number of hydrogen-bond acceptors (Lipinski definition) is 3. The van der Waals surface area contributed by atoms with Crippen molar-refractivity contribution >= 4 is 17.8 Å². The third kappa shape index (κ3) is 3.25. The number of nitrogens with zero attached hydrogens (tertiary/aromatic N) is 1. The summed E-state index contributed by atoms with van der Waals surface area (Å²) in [5.74, 6) is -0.394. The Kier molecular flexibility index (Phi) is 4.54. The minimum absolute atomic E-state index is 0.252. The number of rotatable bonds is 5. The molecule has 0 unspecified atom stereocenters. The van der Waals surface area contributed by atoms with Gasteiger partial charge in [-0.3, -0.25) is 14.5 Å². The highest BCUT2D eigenvalue weighted by atomic mass is 16.2. The molecule has 0 saturated carbocycles. The second kappa shape index (κ2) is 6.50. The summed E-state index contributed by atoms with van der Waals surface area (Å²) in [6.07, 6.45) is 3.19. The zero-order valence-corrected chi connectivity index (χ0v) is 15.0. The van der Waals surface area contributed by atoms with Crippen molar-refractivity contribution in [3.63, 3.8) is 0 Å². The van der Waals surface area contributed by atoms with Crippen LogP contribution >= 0.6 is 0 Å². The van der Waals surface area contributed by atoms with Gasteiger partial charge in [0.25, 0.3) is 5.91 Å². The maximum Gasteiger partial charge on any atom is 0.325 e. The smallest absolute Gasteiger partial charge is 0.325 e. The van der Waals surface area contributed by atoms with E-state index >= 15 is 0 Å². The molecule has 1 aliphatic carbocycles. The summed E-state index contributed by atoms with van der Waals surface area (Å²) in [5.41, 5.74) is 2.21. The summed E-state index contributed by atoms with van der Waals surface area (Å²) in [6.45, 7) is 5.94. The van der Waals surface area contributed by atoms with Crippen LogP contribution in [0.5, 0.6) is 0 Å². The Morgan fingerprint density at radius 2 is 2.00 bits per heavy atom. The van der Waals surface area contributed by atoms with Gasteiger partial charge >= 0.3 is 6.03 Å². The summed E-state index contributed by atoms with van der Waals surface area (Å²) in [7, 11) is 0. The standard InChI is InChI=1S/C19H25N3O3/c1-12(2)10-20-16(23)11-22-17(24)19(3,21-18(22)25)15-8-7-13-5-4-6-14(13)9-15/h7-9,12H,4-6,10-11H2,1-3H3,(H,20,23)(H,21,25)/t19-/m0/s1. The minimum atomic E-state index is -1.12. The molecule has 6 nitrogen and oxygen atoms in total. The van der Waals surface area contributed by atoms with Crippen molar-refractivity contribution in [2.45, 2.75) is 45.6 Å². The number of carbonyl (C=O) groups is 3. The molecule has 1 atom stereocenters. The van der Waals surface area contributed by atoms with E-state index in [1.807, 2.05) is 32.0 Å². The average Bonchev–Trinajstić information content (AvgIpc) is 3.11. The van der Waals surface area contributed by atoms with E-state index < -0.39 is 11.6 Å². The van der Waals surface area contributed by atoms with Crippen LogP contribution in [0.3, 0.4) is 0 Å². The van der Waals surface area contributed by atoms with Crippen LogP contribution in [-0.4, -0.2) is 35.8 Å². The maximum atomic E-state index is 12.9. The lowest BCUT2D eigenvalue weighted by Gasteiger charge is -2.23. The van der Waals surface area contributed by atoms with E-state index in [2.05, 4.69) is 10.6 Å². The molecule has 1 aromatic carbocycles. The van der Waals surface area contributed by atoms with Crippen LogP contribution in [0.2, 0.25) is 0 Å². The highest BCUT2D eigenvalue weighted by Gasteiger charge is 2.49. The van der Waals surface area contributed by atoms with Gasteiger partial charge in [0, 0.05) is 6.54 Å². The summed E-state index contributed by atoms with van der Waals surface area (Å²) >= 11 is 0. The number of amides is 4. The Labute approximate surface area is 148 Å². The van der Waals surface area contributed by atoms with Crippen LogP contribution in [0.15, 0.2) is 18.2 Å². The summed E-state index contributed by atoms with van der Waals surface area (Å²) in [6, 6.07) is 5.45. The van der Waals surface area contributed by atoms with Crippen LogP contribution in [-0.2, 0) is 28.0 Å². The Morgan fingerprint density at radius 3 is 2.72 bits per heavy atom. The molecule has 1 saturated heterocycles. The van der Waals surface area contributed by atoms with Gasteiger partial charge < -0.3 is 10.6 Å². The van der Waals surface area contributed by atoms with E-state index in [0.717, 1.165) is 29.7 Å². The van der Waals surface area contributed by atoms with E-state index in [4.69, 9.17) is 0 Å². The molecule has 0 spiro atoms. The van der Waals surface area contributed by atoms with Crippen molar-refractivity contribution in [3.05, 3.63) is 34.9 Å². The quantitative estimate of drug-likeness (QED) is 0.799. The van der Waals surface area contributed by atoms with Crippen LogP contribution in [0.4, 0.5) is 4.79 Å². The molecular formula is C19H25N3O3. The Morgan fingerprint density at radius 1 is 1.28 bits per heavy atom. The van der Waals surface area contributed by atoms with Crippen molar-refractivity contribution in [1.82, 2.24) is 15.5 Å². The Bertz CT molecular complexity index is 729. The molecule has 6 heteroatoms. The SMILES string of the molecule is CC(C)CNC(=O)CN1C(=O)N[C@@](C)(c2ccc3c(c2)CCC3)C1=O. The molecule has 1 aliphatic heterocycles. The monoisotopic (exact) mass is 343 g/mol. The summed E-state index contributed by atoms with van der Waals surface area (Å²) < 4.78 is 0. The second-order valence-electron chi connectivity index (χ2n) is 7.48. The van der Waals surface area contributed by atoms with Crippen molar-refractivity contribution < 1.29 is 14.4 Å². The van der Waals surface area contributed by atoms with Crippen molar-refractivity contribution in [1.29, 1.82) is 0 Å². The number of benzene rings is 1. The van der Waals surface area contributed by atoms with Gasteiger partial charge in [-0.25, -0.2) is 4.79 Å². The summed E-state index contributed by atoms with van der Waals surface area (Å²) in [5, 5.41) is 5.50. The van der Waals surface area contributed by atoms with Gasteiger partial charge in [-0.2, -0.15) is 0 Å². The predicted octanol–water partition coefficient (Wildman–Crippen LogP) is 1.71. The van der Waals surface area contributed by atoms with Crippen LogP contribution < -0.4 is 10.6 Å². The number of urea groups is 1. The molecule has 0 aromatic heterocycles. The number of carbonyl (C=O) groups excluding carboxylic acids is 3. The fraction of sp³-hybridized carbons (Fsp3) is 0.526. The number of hydrogen-bond donors (Lipinski definition) is 2. The lowest BCUT2D eigenvalue weighted by molar-refractivity contribution is -0.134. The van der Waals surface area contributed by atoms with E-state index in [1.54, 1.807) is 6.92 Å². The van der Waals surface area contributed by atoms with Gasteiger partial charge in [0.15, 0.2) is 0 Å². The molecular weight excluding hydrogens is 318 g/mol. The molecule has 0 radical (unpaired) electrons. The first kappa shape index (κ1) is 17.5. The van der Waals surface area contributed by atoms with Crippen LogP contribution in [0, 0.1) is 5.92 Å². The highest BCUT2D eigenvalue weighted by Crippen LogP contribution is 2.32. The van der Waals surface area contributed by atoms with Gasteiger partial charge in [-0.05, 0) is 48.8 Å². The molecule has 1 heterocycles. The highest BCUT2D eigenvalue weighted by molar-refractivity contribution is 6.09. The predicted molar refractivity (Wildman–Crippen MR) is 93.9 cm³/mol. The fourth-order valence-electron chi connectivity index (χ4n) is 3.44. The first-order valence-electron chi connectivity index (χ1n) is 8.84. The van der Waals surface area contributed by atoms with E-state index in [1.165, 1.54) is 11.1 Å². The maximum absolute atomic E-state index is 12.9. The topological polar surface area (TPSA) is 78.5 Å². The van der Waals surface area contributed by atoms with Gasteiger partial charge in [0.1, 0.15) is 12.1 Å². The normalized spacial score (nSPS) is 22.3. The van der Waals surface area contributed by atoms with Crippen LogP contribution in [0.25, 0.3) is 0 Å². The van der Waals surface area contributed by atoms with Crippen molar-refractivity contribution in [2.24, 2.45) is 5.92 Å². The first-order chi connectivity index (χ1) is 11.8. The molecule has 2 N–H and O–H groups in total. The van der Waals surface area contributed by atoms with Gasteiger partial charge in [-0.1, -0.05) is 32.0 Å². The molecule has 1 aromatic rings. The zero-order valence-electron chi connectivity index (χ0n) is 15.0. The molecule has 25 heavy (non-hydrogen) atoms. The third-order valence-electron chi connectivity index (χ3n) is 4.96. The Balaban J connectivity index is 1.77.